The Hall–Kier alpha value is -0.600. The standard InChI is InChI=1S/C10H17NO3S/c1-8-4-9(6-14-2)5-10(8,7-11)15(3,12)13/h8-9H,4-6H2,1-3H3. The van der Waals surface area contributed by atoms with E-state index in [2.05, 4.69) is 0 Å². The van der Waals surface area contributed by atoms with Crippen LogP contribution in [0.1, 0.15) is 19.8 Å². The van der Waals surface area contributed by atoms with Crippen LogP contribution in [0.4, 0.5) is 0 Å². The third kappa shape index (κ3) is 2.01. The second kappa shape index (κ2) is 4.11. The first-order chi connectivity index (χ1) is 6.87. The lowest BCUT2D eigenvalue weighted by Crippen LogP contribution is -2.39. The van der Waals surface area contributed by atoms with Crippen molar-refractivity contribution in [2.45, 2.75) is 24.5 Å². The number of nitrogens with zero attached hydrogens (tertiary/aromatic N) is 1. The van der Waals surface area contributed by atoms with E-state index in [-0.39, 0.29) is 11.8 Å². The molecule has 0 spiro atoms. The number of ether oxygens (including phenoxy) is 1. The summed E-state index contributed by atoms with van der Waals surface area (Å²) < 4.78 is 27.2. The first-order valence-corrected chi connectivity index (χ1v) is 6.86. The first-order valence-electron chi connectivity index (χ1n) is 4.97. The Morgan fingerprint density at radius 3 is 2.53 bits per heavy atom. The molecule has 15 heavy (non-hydrogen) atoms. The highest BCUT2D eigenvalue weighted by Gasteiger charge is 2.52. The van der Waals surface area contributed by atoms with Gasteiger partial charge in [-0.15, -0.1) is 0 Å². The molecule has 3 unspecified atom stereocenters. The van der Waals surface area contributed by atoms with Crippen molar-refractivity contribution in [3.63, 3.8) is 0 Å². The molecule has 0 amide bonds. The van der Waals surface area contributed by atoms with E-state index in [0.717, 1.165) is 12.7 Å². The fraction of sp³-hybridized carbons (Fsp3) is 0.900. The number of hydrogen-bond acceptors (Lipinski definition) is 4. The summed E-state index contributed by atoms with van der Waals surface area (Å²) in [6, 6.07) is 2.01. The van der Waals surface area contributed by atoms with Crippen LogP contribution in [0.15, 0.2) is 0 Å². The Morgan fingerprint density at radius 1 is 1.60 bits per heavy atom. The Kier molecular flexibility index (Phi) is 3.41. The van der Waals surface area contributed by atoms with Crippen molar-refractivity contribution in [2.24, 2.45) is 11.8 Å². The van der Waals surface area contributed by atoms with Gasteiger partial charge in [0.05, 0.1) is 6.07 Å². The Balaban J connectivity index is 3.00. The molecule has 0 aliphatic heterocycles. The van der Waals surface area contributed by atoms with Crippen LogP contribution in [0.5, 0.6) is 0 Å². The predicted molar refractivity (Wildman–Crippen MR) is 57.0 cm³/mol. The molecule has 1 aliphatic rings. The number of hydrogen-bond donors (Lipinski definition) is 0. The average Bonchev–Trinajstić information content (AvgIpc) is 2.43. The highest BCUT2D eigenvalue weighted by atomic mass is 32.2. The molecule has 0 aromatic carbocycles. The molecule has 0 heterocycles. The molecule has 0 bridgehead atoms. The number of sulfone groups is 1. The molecular formula is C10H17NO3S. The second-order valence-corrected chi connectivity index (χ2v) is 6.71. The number of nitriles is 1. The fourth-order valence-electron chi connectivity index (χ4n) is 2.52. The van der Waals surface area contributed by atoms with E-state index < -0.39 is 14.6 Å². The van der Waals surface area contributed by atoms with Gasteiger partial charge in [0.15, 0.2) is 14.6 Å². The fourth-order valence-corrected chi connectivity index (χ4v) is 4.05. The summed E-state index contributed by atoms with van der Waals surface area (Å²) >= 11 is 0. The molecule has 0 N–H and O–H groups in total. The minimum Gasteiger partial charge on any atom is -0.384 e. The Morgan fingerprint density at radius 2 is 2.20 bits per heavy atom. The quantitative estimate of drug-likeness (QED) is 0.726. The summed E-state index contributed by atoms with van der Waals surface area (Å²) in [5.41, 5.74) is 0. The van der Waals surface area contributed by atoms with Crippen LogP contribution in [-0.2, 0) is 14.6 Å². The molecule has 1 aliphatic carbocycles. The Bertz CT molecular complexity index is 371. The molecule has 0 radical (unpaired) electrons. The van der Waals surface area contributed by atoms with Crippen LogP contribution < -0.4 is 0 Å². The Labute approximate surface area is 91.1 Å². The van der Waals surface area contributed by atoms with Crippen molar-refractivity contribution in [1.82, 2.24) is 0 Å². The molecule has 0 saturated heterocycles. The maximum Gasteiger partial charge on any atom is 0.166 e. The lowest BCUT2D eigenvalue weighted by Gasteiger charge is -2.23. The summed E-state index contributed by atoms with van der Waals surface area (Å²) in [6.45, 7) is 2.36. The van der Waals surface area contributed by atoms with Crippen molar-refractivity contribution in [3.05, 3.63) is 0 Å². The van der Waals surface area contributed by atoms with Gasteiger partial charge in [0.2, 0.25) is 0 Å². The van der Waals surface area contributed by atoms with Gasteiger partial charge in [-0.25, -0.2) is 8.42 Å². The predicted octanol–water partition coefficient (Wildman–Crippen LogP) is 0.986. The van der Waals surface area contributed by atoms with Crippen molar-refractivity contribution in [1.29, 1.82) is 5.26 Å². The van der Waals surface area contributed by atoms with E-state index >= 15 is 0 Å². The summed E-state index contributed by atoms with van der Waals surface area (Å²) in [7, 11) is -1.74. The zero-order valence-electron chi connectivity index (χ0n) is 9.36. The van der Waals surface area contributed by atoms with E-state index in [1.165, 1.54) is 0 Å². The van der Waals surface area contributed by atoms with Crippen molar-refractivity contribution in [2.75, 3.05) is 20.0 Å². The van der Waals surface area contributed by atoms with Gasteiger partial charge in [-0.2, -0.15) is 5.26 Å². The monoisotopic (exact) mass is 231 g/mol. The van der Waals surface area contributed by atoms with Gasteiger partial charge in [0.25, 0.3) is 0 Å². The third-order valence-corrected chi connectivity index (χ3v) is 5.31. The van der Waals surface area contributed by atoms with Crippen LogP contribution in [0.3, 0.4) is 0 Å². The summed E-state index contributed by atoms with van der Waals surface area (Å²) in [5.74, 6) is 0.0667. The first kappa shape index (κ1) is 12.5. The van der Waals surface area contributed by atoms with Gasteiger partial charge in [0, 0.05) is 20.0 Å². The van der Waals surface area contributed by atoms with Crippen molar-refractivity contribution >= 4 is 9.84 Å². The van der Waals surface area contributed by atoms with Crippen molar-refractivity contribution in [3.8, 4) is 6.07 Å². The molecule has 0 aromatic rings. The van der Waals surface area contributed by atoms with Gasteiger partial charge in [-0.05, 0) is 24.7 Å². The topological polar surface area (TPSA) is 67.2 Å². The maximum absolute atomic E-state index is 11.7. The van der Waals surface area contributed by atoms with Crippen LogP contribution in [0.2, 0.25) is 0 Å². The summed E-state index contributed by atoms with van der Waals surface area (Å²) in [5, 5.41) is 9.14. The SMILES string of the molecule is COCC1CC(C)C(C#N)(S(C)(=O)=O)C1. The minimum absolute atomic E-state index is 0.113. The van der Waals surface area contributed by atoms with Gasteiger partial charge in [-0.1, -0.05) is 6.92 Å². The maximum atomic E-state index is 11.7. The molecule has 1 rings (SSSR count). The van der Waals surface area contributed by atoms with Gasteiger partial charge < -0.3 is 4.74 Å². The lowest BCUT2D eigenvalue weighted by molar-refractivity contribution is 0.153. The molecule has 3 atom stereocenters. The summed E-state index contributed by atoms with van der Waals surface area (Å²) in [4.78, 5) is 0. The molecular weight excluding hydrogens is 214 g/mol. The second-order valence-electron chi connectivity index (χ2n) is 4.44. The zero-order valence-corrected chi connectivity index (χ0v) is 10.2. The van der Waals surface area contributed by atoms with Crippen LogP contribution in [-0.4, -0.2) is 33.1 Å². The third-order valence-electron chi connectivity index (χ3n) is 3.33. The van der Waals surface area contributed by atoms with E-state index in [1.807, 2.05) is 13.0 Å². The van der Waals surface area contributed by atoms with Gasteiger partial charge >= 0.3 is 0 Å². The zero-order chi connectivity index (χ0) is 11.7. The van der Waals surface area contributed by atoms with Crippen LogP contribution >= 0.6 is 0 Å². The van der Waals surface area contributed by atoms with E-state index in [1.54, 1.807) is 7.11 Å². The average molecular weight is 231 g/mol. The molecule has 4 nitrogen and oxygen atoms in total. The molecule has 1 saturated carbocycles. The van der Waals surface area contributed by atoms with Gasteiger partial charge in [0.1, 0.15) is 0 Å². The summed E-state index contributed by atoms with van der Waals surface area (Å²) in [6.07, 6.45) is 2.30. The number of methoxy groups -OCH3 is 1. The largest absolute Gasteiger partial charge is 0.384 e. The highest BCUT2D eigenvalue weighted by molar-refractivity contribution is 7.92. The minimum atomic E-state index is -3.33. The van der Waals surface area contributed by atoms with E-state index in [4.69, 9.17) is 10.00 Å². The van der Waals surface area contributed by atoms with Gasteiger partial charge in [-0.3, -0.25) is 0 Å². The normalized spacial score (nSPS) is 36.4. The molecule has 1 fully saturated rings. The molecule has 0 aromatic heterocycles. The van der Waals surface area contributed by atoms with Crippen molar-refractivity contribution < 1.29 is 13.2 Å². The molecule has 86 valence electrons. The van der Waals surface area contributed by atoms with Crippen LogP contribution in [0, 0.1) is 23.2 Å². The smallest absolute Gasteiger partial charge is 0.166 e. The lowest BCUT2D eigenvalue weighted by atomic mass is 9.99. The van der Waals surface area contributed by atoms with E-state index in [0.29, 0.717) is 13.0 Å². The molecule has 5 heteroatoms. The van der Waals surface area contributed by atoms with E-state index in [9.17, 15) is 8.42 Å². The number of rotatable bonds is 3. The van der Waals surface area contributed by atoms with Crippen LogP contribution in [0.25, 0.3) is 0 Å². The highest BCUT2D eigenvalue weighted by Crippen LogP contribution is 2.44.